The van der Waals surface area contributed by atoms with Crippen LogP contribution in [0, 0.1) is 0 Å². The molecule has 2 aromatic rings. The van der Waals surface area contributed by atoms with Crippen molar-refractivity contribution in [3.05, 3.63) is 65.7 Å². The number of benzene rings is 2. The van der Waals surface area contributed by atoms with Gasteiger partial charge in [-0.05, 0) is 48.9 Å². The topological polar surface area (TPSA) is 58.6 Å². The molecule has 4 heteroatoms. The van der Waals surface area contributed by atoms with Gasteiger partial charge in [0.2, 0.25) is 0 Å². The lowest BCUT2D eigenvalue weighted by Gasteiger charge is -2.22. The van der Waals surface area contributed by atoms with Crippen molar-refractivity contribution in [2.45, 2.75) is 50.7 Å². The molecule has 0 heterocycles. The lowest BCUT2D eigenvalue weighted by molar-refractivity contribution is -0.137. The molecule has 4 nitrogen and oxygen atoms in total. The molecule has 2 aromatic carbocycles. The quantitative estimate of drug-likeness (QED) is 0.701. The molecule has 1 atom stereocenters. The molecular formula is C22H27NO3. The van der Waals surface area contributed by atoms with E-state index in [4.69, 9.17) is 4.74 Å². The Morgan fingerprint density at radius 3 is 2.46 bits per heavy atom. The Morgan fingerprint density at radius 2 is 1.77 bits per heavy atom. The number of hydrogen-bond acceptors (Lipinski definition) is 3. The average molecular weight is 353 g/mol. The Bertz CT molecular complexity index is 678. The number of hydrogen-bond donors (Lipinski definition) is 2. The summed E-state index contributed by atoms with van der Waals surface area (Å²) in [6.45, 7) is 0.608. The fourth-order valence-electron chi connectivity index (χ4n) is 3.40. The van der Waals surface area contributed by atoms with Gasteiger partial charge < -0.3 is 15.2 Å². The molecule has 0 aromatic heterocycles. The summed E-state index contributed by atoms with van der Waals surface area (Å²) in [4.78, 5) is 12.7. The number of carbonyl (C=O) groups excluding carboxylic acids is 1. The van der Waals surface area contributed by atoms with Gasteiger partial charge in [-0.25, -0.2) is 0 Å². The molecule has 0 radical (unpaired) electrons. The molecule has 1 unspecified atom stereocenters. The second-order valence-corrected chi connectivity index (χ2v) is 6.89. The third-order valence-electron chi connectivity index (χ3n) is 4.85. The van der Waals surface area contributed by atoms with Gasteiger partial charge in [-0.15, -0.1) is 0 Å². The molecule has 3 rings (SSSR count). The number of carbonyl (C=O) groups is 1. The Kier molecular flexibility index (Phi) is 6.67. The van der Waals surface area contributed by atoms with Gasteiger partial charge in [0.25, 0.3) is 5.91 Å². The number of phenolic OH excluding ortho intramolecular Hbond substituents is 1. The summed E-state index contributed by atoms with van der Waals surface area (Å²) in [5.74, 6) is 0.214. The van der Waals surface area contributed by atoms with Gasteiger partial charge in [-0.3, -0.25) is 4.79 Å². The van der Waals surface area contributed by atoms with Crippen LogP contribution in [-0.4, -0.2) is 23.7 Å². The minimum Gasteiger partial charge on any atom is -0.508 e. The molecule has 0 bridgehead atoms. The smallest absolute Gasteiger partial charge is 0.253 e. The highest BCUT2D eigenvalue weighted by atomic mass is 16.5. The van der Waals surface area contributed by atoms with E-state index in [-0.39, 0.29) is 17.8 Å². The fraction of sp³-hybridized carbons (Fsp3) is 0.409. The van der Waals surface area contributed by atoms with Crippen molar-refractivity contribution in [1.29, 1.82) is 0 Å². The largest absolute Gasteiger partial charge is 0.508 e. The third kappa shape index (κ3) is 5.33. The Morgan fingerprint density at radius 1 is 1.08 bits per heavy atom. The lowest BCUT2D eigenvalue weighted by Crippen LogP contribution is -2.33. The zero-order valence-electron chi connectivity index (χ0n) is 15.1. The maximum atomic E-state index is 12.7. The highest BCUT2D eigenvalue weighted by Gasteiger charge is 2.26. The predicted octanol–water partition coefficient (Wildman–Crippen LogP) is 4.14. The number of ether oxygens (including phenoxy) is 1. The fourth-order valence-corrected chi connectivity index (χ4v) is 3.40. The van der Waals surface area contributed by atoms with Crippen LogP contribution >= 0.6 is 0 Å². The van der Waals surface area contributed by atoms with E-state index in [1.54, 1.807) is 12.1 Å². The maximum absolute atomic E-state index is 12.7. The zero-order chi connectivity index (χ0) is 18.2. The minimum atomic E-state index is -0.534. The first-order valence-electron chi connectivity index (χ1n) is 9.48. The number of nitrogens with one attached hydrogen (secondary N) is 1. The van der Waals surface area contributed by atoms with Crippen LogP contribution in [-0.2, 0) is 16.0 Å². The summed E-state index contributed by atoms with van der Waals surface area (Å²) in [7, 11) is 0. The summed E-state index contributed by atoms with van der Waals surface area (Å²) in [5, 5.41) is 12.3. The van der Waals surface area contributed by atoms with Crippen molar-refractivity contribution in [3.8, 4) is 5.75 Å². The van der Waals surface area contributed by atoms with Gasteiger partial charge in [0.15, 0.2) is 6.10 Å². The lowest BCUT2D eigenvalue weighted by atomic mass is 10.1. The second-order valence-electron chi connectivity index (χ2n) is 6.89. The van der Waals surface area contributed by atoms with Crippen LogP contribution in [0.1, 0.15) is 49.3 Å². The van der Waals surface area contributed by atoms with Gasteiger partial charge in [0.1, 0.15) is 5.75 Å². The second kappa shape index (κ2) is 9.39. The maximum Gasteiger partial charge on any atom is 0.253 e. The standard InChI is InChI=1S/C22H27NO3/c24-19-14-12-17(13-15-19)7-6-16-23-22(25)21(18-8-2-1-3-9-18)26-20-10-4-5-11-20/h1-3,8-9,12-15,20-21,24H,4-7,10-11,16H2,(H,23,25). The number of aromatic hydroxyl groups is 1. The van der Waals surface area contributed by atoms with Crippen LogP contribution in [0.3, 0.4) is 0 Å². The van der Waals surface area contributed by atoms with Gasteiger partial charge in [-0.2, -0.15) is 0 Å². The van der Waals surface area contributed by atoms with Crippen molar-refractivity contribution in [2.24, 2.45) is 0 Å². The summed E-state index contributed by atoms with van der Waals surface area (Å²) in [5.41, 5.74) is 2.06. The SMILES string of the molecule is O=C(NCCCc1ccc(O)cc1)C(OC1CCCC1)c1ccccc1. The Labute approximate surface area is 155 Å². The molecule has 138 valence electrons. The molecule has 0 saturated heterocycles. The Balaban J connectivity index is 1.52. The van der Waals surface area contributed by atoms with Crippen LogP contribution in [0.4, 0.5) is 0 Å². The number of phenols is 1. The van der Waals surface area contributed by atoms with E-state index in [0.29, 0.717) is 6.54 Å². The summed E-state index contributed by atoms with van der Waals surface area (Å²) in [6.07, 6.45) is 5.80. The first kappa shape index (κ1) is 18.5. The molecule has 1 aliphatic rings. The molecule has 1 fully saturated rings. The molecule has 1 amide bonds. The van der Waals surface area contributed by atoms with Crippen molar-refractivity contribution in [2.75, 3.05) is 6.54 Å². The van der Waals surface area contributed by atoms with E-state index >= 15 is 0 Å². The van der Waals surface area contributed by atoms with Crippen molar-refractivity contribution in [1.82, 2.24) is 5.32 Å². The van der Waals surface area contributed by atoms with Gasteiger partial charge in [0, 0.05) is 6.54 Å². The number of amides is 1. The molecule has 26 heavy (non-hydrogen) atoms. The number of rotatable bonds is 8. The van der Waals surface area contributed by atoms with E-state index < -0.39 is 6.10 Å². The Hall–Kier alpha value is -2.33. The van der Waals surface area contributed by atoms with Crippen molar-refractivity contribution in [3.63, 3.8) is 0 Å². The normalized spacial score (nSPS) is 15.7. The summed E-state index contributed by atoms with van der Waals surface area (Å²) in [6, 6.07) is 16.9. The highest BCUT2D eigenvalue weighted by molar-refractivity contribution is 5.82. The molecule has 2 N–H and O–H groups in total. The first-order chi connectivity index (χ1) is 12.7. The average Bonchev–Trinajstić information content (AvgIpc) is 3.18. The molecule has 0 aliphatic heterocycles. The minimum absolute atomic E-state index is 0.0613. The van der Waals surface area contributed by atoms with Gasteiger partial charge in [0.05, 0.1) is 6.10 Å². The summed E-state index contributed by atoms with van der Waals surface area (Å²) < 4.78 is 6.15. The third-order valence-corrected chi connectivity index (χ3v) is 4.85. The molecule has 1 aliphatic carbocycles. The summed E-state index contributed by atoms with van der Waals surface area (Å²) >= 11 is 0. The van der Waals surface area contributed by atoms with Crippen LogP contribution in [0.5, 0.6) is 5.75 Å². The van der Waals surface area contributed by atoms with Crippen LogP contribution in [0.25, 0.3) is 0 Å². The number of aryl methyl sites for hydroxylation is 1. The van der Waals surface area contributed by atoms with E-state index in [2.05, 4.69) is 5.32 Å². The van der Waals surface area contributed by atoms with E-state index in [9.17, 15) is 9.90 Å². The van der Waals surface area contributed by atoms with Crippen LogP contribution in [0.15, 0.2) is 54.6 Å². The monoisotopic (exact) mass is 353 g/mol. The van der Waals surface area contributed by atoms with Gasteiger partial charge in [-0.1, -0.05) is 55.3 Å². The highest BCUT2D eigenvalue weighted by Crippen LogP contribution is 2.28. The van der Waals surface area contributed by atoms with Crippen LogP contribution in [0.2, 0.25) is 0 Å². The first-order valence-corrected chi connectivity index (χ1v) is 9.48. The molecule has 1 saturated carbocycles. The van der Waals surface area contributed by atoms with E-state index in [0.717, 1.165) is 36.8 Å². The van der Waals surface area contributed by atoms with Crippen LogP contribution < -0.4 is 5.32 Å². The molecular weight excluding hydrogens is 326 g/mol. The van der Waals surface area contributed by atoms with Gasteiger partial charge >= 0.3 is 0 Å². The van der Waals surface area contributed by atoms with E-state index in [1.165, 1.54) is 12.8 Å². The van der Waals surface area contributed by atoms with Crippen molar-refractivity contribution < 1.29 is 14.6 Å². The molecule has 0 spiro atoms. The predicted molar refractivity (Wildman–Crippen MR) is 102 cm³/mol. The van der Waals surface area contributed by atoms with E-state index in [1.807, 2.05) is 42.5 Å². The van der Waals surface area contributed by atoms with Crippen molar-refractivity contribution >= 4 is 5.91 Å². The zero-order valence-corrected chi connectivity index (χ0v) is 15.1.